The summed E-state index contributed by atoms with van der Waals surface area (Å²) >= 11 is 0. The third kappa shape index (κ3) is 12.3. The number of hydrogen-bond acceptors (Lipinski definition) is 10. The maximum atomic E-state index is 16.3. The van der Waals surface area contributed by atoms with Crippen LogP contribution in [0.2, 0.25) is 0 Å². The normalized spacial score (nSPS) is 28.4. The summed E-state index contributed by atoms with van der Waals surface area (Å²) in [6, 6.07) is 58.7. The first-order chi connectivity index (χ1) is 33.0. The molecule has 3 saturated heterocycles. The molecule has 0 bridgehead atoms. The number of hydrogen-bond donors (Lipinski definition) is 1. The van der Waals surface area contributed by atoms with Crippen molar-refractivity contribution in [1.29, 1.82) is 0 Å². The lowest BCUT2D eigenvalue weighted by Gasteiger charge is -2.53. The van der Waals surface area contributed by atoms with Gasteiger partial charge in [-0.15, -0.1) is 0 Å². The summed E-state index contributed by atoms with van der Waals surface area (Å²) in [5.74, 6) is -0.461. The van der Waals surface area contributed by atoms with Gasteiger partial charge in [-0.05, 0) is 46.4 Å². The van der Waals surface area contributed by atoms with E-state index in [1.807, 2.05) is 182 Å². The maximum Gasteiger partial charge on any atom is 0.300 e. The SMILES string of the molecule is CO[C@@H]1O[C@H](COCc2ccccc2)[C@H]2C[C@@H]3O[C@H](COCc4ccccc4)[C@H](OCc4ccccc4)[C@H](OCc4ccccc4)[C@H]3NP(=O)(c3ccccc3)O[C@@H]2[C@H]1OCc1ccccc1. The number of rotatable bonds is 19. The molecule has 67 heavy (non-hydrogen) atoms. The molecule has 1 N–H and O–H groups in total. The van der Waals surface area contributed by atoms with Crippen LogP contribution in [0.15, 0.2) is 182 Å². The molecular formula is C55H60NO10P. The van der Waals surface area contributed by atoms with Crippen molar-refractivity contribution in [2.45, 2.75) is 94.5 Å². The van der Waals surface area contributed by atoms with Gasteiger partial charge in [-0.2, -0.15) is 0 Å². The zero-order chi connectivity index (χ0) is 45.7. The van der Waals surface area contributed by atoms with Gasteiger partial charge in [-0.1, -0.05) is 170 Å². The number of methoxy groups -OCH3 is 1. The lowest BCUT2D eigenvalue weighted by Crippen LogP contribution is -2.67. The Morgan fingerprint density at radius 2 is 0.925 bits per heavy atom. The van der Waals surface area contributed by atoms with Gasteiger partial charge in [0.15, 0.2) is 6.29 Å². The monoisotopic (exact) mass is 925 g/mol. The van der Waals surface area contributed by atoms with Gasteiger partial charge in [-0.3, -0.25) is 4.57 Å². The first kappa shape index (κ1) is 47.2. The largest absolute Gasteiger partial charge is 0.374 e. The van der Waals surface area contributed by atoms with Gasteiger partial charge < -0.3 is 42.4 Å². The summed E-state index contributed by atoms with van der Waals surface area (Å²) in [7, 11) is -2.44. The van der Waals surface area contributed by atoms with E-state index in [4.69, 9.17) is 42.4 Å². The fraction of sp³-hybridized carbons (Fsp3) is 0.345. The molecule has 11 atom stereocenters. The zero-order valence-corrected chi connectivity index (χ0v) is 38.7. The van der Waals surface area contributed by atoms with Crippen LogP contribution in [0, 0.1) is 5.92 Å². The highest BCUT2D eigenvalue weighted by Crippen LogP contribution is 2.52. The van der Waals surface area contributed by atoms with Crippen molar-refractivity contribution in [1.82, 2.24) is 5.09 Å². The zero-order valence-electron chi connectivity index (χ0n) is 37.8. The van der Waals surface area contributed by atoms with Gasteiger partial charge in [0.2, 0.25) is 0 Å². The average Bonchev–Trinajstić information content (AvgIpc) is 3.37. The van der Waals surface area contributed by atoms with E-state index < -0.39 is 68.5 Å². The summed E-state index contributed by atoms with van der Waals surface area (Å²) in [6.45, 7) is 1.96. The first-order valence-electron chi connectivity index (χ1n) is 23.2. The van der Waals surface area contributed by atoms with Gasteiger partial charge in [0, 0.05) is 13.0 Å². The number of fused-ring (bicyclic) bond motifs is 2. The van der Waals surface area contributed by atoms with Gasteiger partial charge in [-0.25, -0.2) is 5.09 Å². The summed E-state index contributed by atoms with van der Waals surface area (Å²) < 4.78 is 77.5. The maximum absolute atomic E-state index is 16.3. The van der Waals surface area contributed by atoms with Crippen LogP contribution in [0.4, 0.5) is 0 Å². The quantitative estimate of drug-likeness (QED) is 0.0786. The summed E-state index contributed by atoms with van der Waals surface area (Å²) in [5.41, 5.74) is 5.01. The van der Waals surface area contributed by atoms with Gasteiger partial charge in [0.05, 0.1) is 69.8 Å². The molecule has 1 unspecified atom stereocenters. The fourth-order valence-corrected chi connectivity index (χ4v) is 11.5. The second-order valence-electron chi connectivity index (χ2n) is 17.3. The van der Waals surface area contributed by atoms with E-state index in [9.17, 15) is 0 Å². The molecule has 9 rings (SSSR count). The van der Waals surface area contributed by atoms with Crippen LogP contribution in [-0.4, -0.2) is 75.4 Å². The van der Waals surface area contributed by atoms with Gasteiger partial charge in [0.25, 0.3) is 0 Å². The predicted octanol–water partition coefficient (Wildman–Crippen LogP) is 9.20. The van der Waals surface area contributed by atoms with Crippen LogP contribution in [0.3, 0.4) is 0 Å². The first-order valence-corrected chi connectivity index (χ1v) is 24.8. The highest BCUT2D eigenvalue weighted by atomic mass is 31.2. The number of benzene rings is 6. The van der Waals surface area contributed by atoms with E-state index in [0.29, 0.717) is 24.9 Å². The molecular weight excluding hydrogens is 866 g/mol. The molecule has 3 aliphatic rings. The van der Waals surface area contributed by atoms with Crippen LogP contribution in [0.25, 0.3) is 0 Å². The molecule has 0 saturated carbocycles. The molecule has 12 heteroatoms. The second-order valence-corrected chi connectivity index (χ2v) is 19.4. The van der Waals surface area contributed by atoms with Crippen molar-refractivity contribution in [2.75, 3.05) is 20.3 Å². The van der Waals surface area contributed by atoms with Gasteiger partial charge >= 0.3 is 7.52 Å². The van der Waals surface area contributed by atoms with Crippen molar-refractivity contribution in [3.8, 4) is 0 Å². The molecule has 0 radical (unpaired) electrons. The van der Waals surface area contributed by atoms with Crippen LogP contribution in [0.1, 0.15) is 34.2 Å². The van der Waals surface area contributed by atoms with Crippen LogP contribution >= 0.6 is 7.52 Å². The van der Waals surface area contributed by atoms with Crippen LogP contribution in [0.5, 0.6) is 0 Å². The summed E-state index contributed by atoms with van der Waals surface area (Å²) in [4.78, 5) is 0. The molecule has 0 aromatic heterocycles. The van der Waals surface area contributed by atoms with Crippen molar-refractivity contribution >= 4 is 12.8 Å². The van der Waals surface area contributed by atoms with E-state index in [-0.39, 0.29) is 33.0 Å². The Morgan fingerprint density at radius 1 is 0.507 bits per heavy atom. The minimum Gasteiger partial charge on any atom is -0.374 e. The van der Waals surface area contributed by atoms with Crippen molar-refractivity contribution in [3.63, 3.8) is 0 Å². The lowest BCUT2D eigenvalue weighted by molar-refractivity contribution is -0.301. The molecule has 11 nitrogen and oxygen atoms in total. The molecule has 0 aliphatic carbocycles. The van der Waals surface area contributed by atoms with E-state index in [2.05, 4.69) is 5.09 Å². The second kappa shape index (κ2) is 23.4. The third-order valence-electron chi connectivity index (χ3n) is 12.7. The molecule has 3 heterocycles. The molecule has 350 valence electrons. The molecule has 6 aromatic rings. The Hall–Kier alpha value is -4.85. The highest BCUT2D eigenvalue weighted by molar-refractivity contribution is 7.65. The smallest absolute Gasteiger partial charge is 0.300 e. The Bertz CT molecular complexity index is 2410. The Labute approximate surface area is 394 Å². The van der Waals surface area contributed by atoms with E-state index in [1.54, 1.807) is 7.11 Å². The van der Waals surface area contributed by atoms with Crippen molar-refractivity contribution in [2.24, 2.45) is 5.92 Å². The molecule has 0 amide bonds. The third-order valence-corrected chi connectivity index (χ3v) is 14.8. The summed E-state index contributed by atoms with van der Waals surface area (Å²) in [6.07, 6.45) is -5.23. The number of nitrogens with one attached hydrogen (secondary N) is 1. The Balaban J connectivity index is 1.12. The lowest BCUT2D eigenvalue weighted by atomic mass is 9.80. The topological polar surface area (TPSA) is 112 Å². The Morgan fingerprint density at radius 3 is 1.40 bits per heavy atom. The molecule has 0 spiro atoms. The standard InChI is InChI=1S/C55H60NO10P/c1-58-55-54(63-37-44-28-16-6-17-29-44)51-46(48(65-55)38-59-33-40-20-8-2-9-21-40)32-47-50(56-67(57,66-51)45-30-18-7-19-31-45)53(62-36-43-26-14-5-15-27-43)52(61-35-42-24-12-4-13-25-42)49(64-47)39-60-34-41-22-10-3-11-23-41/h2-31,46-55H,32-39H2,1H3,(H,56,57)/t46-,47+,48-,49-,50+,51+,52+,53-,54-,55-,67?/m1/s1. The van der Waals surface area contributed by atoms with E-state index >= 15 is 4.57 Å². The highest BCUT2D eigenvalue weighted by Gasteiger charge is 2.57. The van der Waals surface area contributed by atoms with Crippen LogP contribution in [-0.2, 0) is 80.0 Å². The Kier molecular flexibility index (Phi) is 16.5. The molecule has 3 aliphatic heterocycles. The minimum atomic E-state index is -4.03. The van der Waals surface area contributed by atoms with Crippen LogP contribution < -0.4 is 10.4 Å². The molecule has 6 aromatic carbocycles. The van der Waals surface area contributed by atoms with Crippen molar-refractivity contribution < 1.29 is 47.0 Å². The fourth-order valence-electron chi connectivity index (χ4n) is 9.28. The molecule has 3 fully saturated rings. The number of ether oxygens (including phenoxy) is 8. The minimum absolute atomic E-state index is 0.200. The predicted molar refractivity (Wildman–Crippen MR) is 255 cm³/mol. The van der Waals surface area contributed by atoms with E-state index in [0.717, 1.165) is 27.8 Å². The van der Waals surface area contributed by atoms with Gasteiger partial charge in [0.1, 0.15) is 30.5 Å². The average molecular weight is 926 g/mol. The van der Waals surface area contributed by atoms with Crippen molar-refractivity contribution in [3.05, 3.63) is 210 Å². The summed E-state index contributed by atoms with van der Waals surface area (Å²) in [5, 5.41) is 4.09. The van der Waals surface area contributed by atoms with E-state index in [1.165, 1.54) is 0 Å².